The number of aromatic nitrogens is 1. The molecule has 0 bridgehead atoms. The molecule has 1 aromatic heterocycles. The molecule has 1 aromatic rings. The Morgan fingerprint density at radius 1 is 1.60 bits per heavy atom. The lowest BCUT2D eigenvalue weighted by atomic mass is 9.88. The van der Waals surface area contributed by atoms with Crippen LogP contribution < -0.4 is 5.73 Å². The number of nitrogens with two attached hydrogens (primary N) is 1. The third kappa shape index (κ3) is 1.54. The average molecular weight is 204 g/mol. The van der Waals surface area contributed by atoms with Gasteiger partial charge in [-0.1, -0.05) is 6.58 Å². The summed E-state index contributed by atoms with van der Waals surface area (Å²) in [4.78, 5) is 3.93. The predicted octanol–water partition coefficient (Wildman–Crippen LogP) is 1.81. The molecule has 1 unspecified atom stereocenters. The van der Waals surface area contributed by atoms with Gasteiger partial charge < -0.3 is 15.9 Å². The van der Waals surface area contributed by atoms with Crippen molar-refractivity contribution >= 4 is 11.9 Å². The largest absolute Gasteiger partial charge is 0.512 e. The Hall–Kier alpha value is -1.97. The number of pyridine rings is 1. The summed E-state index contributed by atoms with van der Waals surface area (Å²) in [6.07, 6.45) is 3.65. The molecule has 0 spiro atoms. The topological polar surface area (TPSA) is 79.4 Å². The molecule has 15 heavy (non-hydrogen) atoms. The molecule has 4 N–H and O–H groups in total. The van der Waals surface area contributed by atoms with Crippen molar-refractivity contribution in [2.45, 2.75) is 6.42 Å². The quantitative estimate of drug-likeness (QED) is 0.609. The zero-order chi connectivity index (χ0) is 11.0. The van der Waals surface area contributed by atoms with Crippen LogP contribution in [0.25, 0.3) is 6.08 Å². The van der Waals surface area contributed by atoms with Crippen molar-refractivity contribution in [1.82, 2.24) is 4.98 Å². The fourth-order valence-corrected chi connectivity index (χ4v) is 1.74. The van der Waals surface area contributed by atoms with Crippen molar-refractivity contribution in [1.29, 1.82) is 0 Å². The molecule has 1 heterocycles. The number of nitrogens with zero attached hydrogens (tertiary/aromatic N) is 1. The van der Waals surface area contributed by atoms with E-state index in [-0.39, 0.29) is 11.5 Å². The molecule has 0 aromatic carbocycles. The molecule has 0 saturated heterocycles. The predicted molar refractivity (Wildman–Crippen MR) is 58.2 cm³/mol. The summed E-state index contributed by atoms with van der Waals surface area (Å²) in [6.45, 7) is 3.43. The van der Waals surface area contributed by atoms with Crippen molar-refractivity contribution < 1.29 is 10.2 Å². The normalized spacial score (nSPS) is 19.2. The van der Waals surface area contributed by atoms with Crippen LogP contribution in [0.4, 0.5) is 5.82 Å². The molecular formula is C11H12N2O2. The number of nitrogen functional groups attached to an aromatic ring is 1. The maximum Gasteiger partial charge on any atom is 0.131 e. The highest BCUT2D eigenvalue weighted by Gasteiger charge is 2.24. The van der Waals surface area contributed by atoms with Crippen LogP contribution >= 0.6 is 0 Å². The van der Waals surface area contributed by atoms with Crippen LogP contribution in [0, 0.1) is 5.92 Å². The molecule has 4 heteroatoms. The Labute approximate surface area is 87.4 Å². The van der Waals surface area contributed by atoms with Crippen LogP contribution in [0.1, 0.15) is 11.1 Å². The second-order valence-electron chi connectivity index (χ2n) is 3.59. The Morgan fingerprint density at radius 3 is 3.00 bits per heavy atom. The molecule has 1 aliphatic carbocycles. The lowest BCUT2D eigenvalue weighted by Gasteiger charge is -2.21. The van der Waals surface area contributed by atoms with E-state index in [1.54, 1.807) is 6.20 Å². The van der Waals surface area contributed by atoms with Gasteiger partial charge >= 0.3 is 0 Å². The summed E-state index contributed by atoms with van der Waals surface area (Å²) in [5, 5.41) is 19.0. The summed E-state index contributed by atoms with van der Waals surface area (Å²) in [7, 11) is 0. The first-order valence-corrected chi connectivity index (χ1v) is 4.61. The van der Waals surface area contributed by atoms with Crippen LogP contribution in [0.5, 0.6) is 0 Å². The van der Waals surface area contributed by atoms with Gasteiger partial charge in [0.25, 0.3) is 0 Å². The SMILES string of the molecule is C=C(O)C1Cc2ccnc(N)c2C=C1O. The molecular weight excluding hydrogens is 192 g/mol. The molecule has 4 nitrogen and oxygen atoms in total. The van der Waals surface area contributed by atoms with E-state index in [4.69, 9.17) is 5.73 Å². The van der Waals surface area contributed by atoms with Gasteiger partial charge in [-0.25, -0.2) is 4.98 Å². The summed E-state index contributed by atoms with van der Waals surface area (Å²) >= 11 is 0. The third-order valence-electron chi connectivity index (χ3n) is 2.59. The van der Waals surface area contributed by atoms with Crippen molar-refractivity contribution in [2.24, 2.45) is 5.92 Å². The van der Waals surface area contributed by atoms with E-state index in [1.165, 1.54) is 6.08 Å². The summed E-state index contributed by atoms with van der Waals surface area (Å²) < 4.78 is 0. The molecule has 0 amide bonds. The Bertz CT molecular complexity index is 452. The molecule has 0 saturated carbocycles. The smallest absolute Gasteiger partial charge is 0.131 e. The van der Waals surface area contributed by atoms with E-state index >= 15 is 0 Å². The first-order valence-electron chi connectivity index (χ1n) is 4.61. The van der Waals surface area contributed by atoms with Crippen LogP contribution in [0.2, 0.25) is 0 Å². The minimum Gasteiger partial charge on any atom is -0.512 e. The number of hydrogen-bond donors (Lipinski definition) is 3. The minimum atomic E-state index is -0.431. The van der Waals surface area contributed by atoms with E-state index in [0.29, 0.717) is 12.2 Å². The van der Waals surface area contributed by atoms with Gasteiger partial charge in [0, 0.05) is 11.8 Å². The van der Waals surface area contributed by atoms with E-state index < -0.39 is 5.92 Å². The number of aliphatic hydroxyl groups excluding tert-OH is 2. The summed E-state index contributed by atoms with van der Waals surface area (Å²) in [5.41, 5.74) is 7.36. The number of rotatable bonds is 1. The molecule has 1 aliphatic rings. The van der Waals surface area contributed by atoms with Crippen LogP contribution in [-0.4, -0.2) is 15.2 Å². The van der Waals surface area contributed by atoms with E-state index in [1.807, 2.05) is 6.07 Å². The van der Waals surface area contributed by atoms with E-state index in [2.05, 4.69) is 11.6 Å². The van der Waals surface area contributed by atoms with Gasteiger partial charge in [0.15, 0.2) is 0 Å². The van der Waals surface area contributed by atoms with Crippen molar-refractivity contribution in [3.63, 3.8) is 0 Å². The summed E-state index contributed by atoms with van der Waals surface area (Å²) in [5.74, 6) is -0.000152. The monoisotopic (exact) mass is 204 g/mol. The Kier molecular flexibility index (Phi) is 2.11. The standard InChI is InChI=1S/C11H12N2O2/c1-6(14)8-4-7-2-3-13-11(12)9(7)5-10(8)15/h2-3,5,8,14-15H,1,4H2,(H2,12,13). The highest BCUT2D eigenvalue weighted by atomic mass is 16.3. The maximum absolute atomic E-state index is 9.67. The Morgan fingerprint density at radius 2 is 2.33 bits per heavy atom. The van der Waals surface area contributed by atoms with Crippen molar-refractivity contribution in [2.75, 3.05) is 5.73 Å². The van der Waals surface area contributed by atoms with Crippen LogP contribution in [0.3, 0.4) is 0 Å². The van der Waals surface area contributed by atoms with E-state index in [9.17, 15) is 10.2 Å². The number of hydrogen-bond acceptors (Lipinski definition) is 4. The van der Waals surface area contributed by atoms with Crippen molar-refractivity contribution in [3.05, 3.63) is 41.5 Å². The maximum atomic E-state index is 9.67. The lowest BCUT2D eigenvalue weighted by Crippen LogP contribution is -2.16. The Balaban J connectivity index is 2.50. The van der Waals surface area contributed by atoms with Gasteiger partial charge in [0.1, 0.15) is 11.6 Å². The third-order valence-corrected chi connectivity index (χ3v) is 2.59. The fraction of sp³-hybridized carbons (Fsp3) is 0.182. The highest BCUT2D eigenvalue weighted by Crippen LogP contribution is 2.31. The highest BCUT2D eigenvalue weighted by molar-refractivity contribution is 5.68. The van der Waals surface area contributed by atoms with Gasteiger partial charge in [-0.2, -0.15) is 0 Å². The molecule has 0 fully saturated rings. The lowest BCUT2D eigenvalue weighted by molar-refractivity contribution is 0.280. The number of fused-ring (bicyclic) bond motifs is 1. The molecule has 1 atom stereocenters. The number of anilines is 1. The summed E-state index contributed by atoms with van der Waals surface area (Å²) in [6, 6.07) is 1.82. The van der Waals surface area contributed by atoms with Crippen molar-refractivity contribution in [3.8, 4) is 0 Å². The molecule has 2 rings (SSSR count). The van der Waals surface area contributed by atoms with Crippen LogP contribution in [-0.2, 0) is 6.42 Å². The first-order chi connectivity index (χ1) is 7.09. The molecule has 78 valence electrons. The zero-order valence-electron chi connectivity index (χ0n) is 8.14. The van der Waals surface area contributed by atoms with Gasteiger partial charge in [-0.3, -0.25) is 0 Å². The average Bonchev–Trinajstić information content (AvgIpc) is 2.18. The first kappa shape index (κ1) is 9.58. The van der Waals surface area contributed by atoms with Gasteiger partial charge in [-0.05, 0) is 24.1 Å². The van der Waals surface area contributed by atoms with E-state index in [0.717, 1.165) is 11.1 Å². The molecule has 0 radical (unpaired) electrons. The van der Waals surface area contributed by atoms with Gasteiger partial charge in [0.2, 0.25) is 0 Å². The van der Waals surface area contributed by atoms with Crippen LogP contribution in [0.15, 0.2) is 30.4 Å². The fourth-order valence-electron chi connectivity index (χ4n) is 1.74. The second kappa shape index (κ2) is 3.31. The minimum absolute atomic E-state index is 0.0372. The van der Waals surface area contributed by atoms with Gasteiger partial charge in [-0.15, -0.1) is 0 Å². The number of aliphatic hydroxyl groups is 2. The zero-order valence-corrected chi connectivity index (χ0v) is 8.14. The van der Waals surface area contributed by atoms with Gasteiger partial charge in [0.05, 0.1) is 11.7 Å². The molecule has 0 aliphatic heterocycles. The second-order valence-corrected chi connectivity index (χ2v) is 3.59.